The number of hydrogen-bond donors (Lipinski definition) is 2. The zero-order chi connectivity index (χ0) is 16.2. The minimum absolute atomic E-state index is 0.0478. The Bertz CT molecular complexity index is 799. The molecule has 2 aliphatic carbocycles. The number of aliphatic hydroxyl groups is 1. The molecule has 4 rings (SSSR count). The molecule has 0 saturated carbocycles. The largest absolute Gasteiger partial charge is 0.508 e. The second-order valence-electron chi connectivity index (χ2n) is 6.11. The van der Waals surface area contributed by atoms with Gasteiger partial charge in [0.05, 0.1) is 23.0 Å². The number of imide groups is 1. The molecule has 0 aromatic heterocycles. The van der Waals surface area contributed by atoms with Crippen molar-refractivity contribution in [2.45, 2.75) is 12.8 Å². The number of aliphatic hydroxyl groups excluding tert-OH is 1. The third-order valence-electron chi connectivity index (χ3n) is 4.98. The van der Waals surface area contributed by atoms with Crippen LogP contribution in [0.4, 0.5) is 0 Å². The smallest absolute Gasteiger partial charge is 0.230 e. The van der Waals surface area contributed by atoms with Gasteiger partial charge in [0, 0.05) is 18.2 Å². The van der Waals surface area contributed by atoms with Crippen molar-refractivity contribution in [1.82, 2.24) is 5.32 Å². The number of carbonyl (C=O) groups is 3. The van der Waals surface area contributed by atoms with E-state index in [0.717, 1.165) is 0 Å². The van der Waals surface area contributed by atoms with Gasteiger partial charge in [0.25, 0.3) is 0 Å². The van der Waals surface area contributed by atoms with Crippen LogP contribution >= 0.6 is 0 Å². The number of aliphatic imine (C=N–C) groups is 1. The molecule has 3 unspecified atom stereocenters. The number of ketones is 1. The predicted molar refractivity (Wildman–Crippen MR) is 81.3 cm³/mol. The van der Waals surface area contributed by atoms with Gasteiger partial charge in [-0.15, -0.1) is 0 Å². The molecule has 2 N–H and O–H groups in total. The maximum absolute atomic E-state index is 12.7. The first-order chi connectivity index (χ1) is 11.0. The number of amides is 2. The summed E-state index contributed by atoms with van der Waals surface area (Å²) in [5.74, 6) is -2.23. The molecule has 2 heterocycles. The number of allylic oxidation sites excluding steroid dienone is 6. The Balaban J connectivity index is 1.85. The third kappa shape index (κ3) is 1.75. The molecule has 6 heteroatoms. The maximum Gasteiger partial charge on any atom is 0.230 e. The van der Waals surface area contributed by atoms with Gasteiger partial charge >= 0.3 is 0 Å². The van der Waals surface area contributed by atoms with Gasteiger partial charge in [-0.25, -0.2) is 0 Å². The molecule has 0 radical (unpaired) electrons. The summed E-state index contributed by atoms with van der Waals surface area (Å²) in [4.78, 5) is 40.7. The molecule has 2 amide bonds. The summed E-state index contributed by atoms with van der Waals surface area (Å²) in [7, 11) is 0. The van der Waals surface area contributed by atoms with Crippen LogP contribution in [0.3, 0.4) is 0 Å². The number of piperidine rings is 1. The first kappa shape index (κ1) is 13.9. The minimum atomic E-state index is -0.924. The van der Waals surface area contributed by atoms with E-state index in [0.29, 0.717) is 17.7 Å². The monoisotopic (exact) mass is 310 g/mol. The fourth-order valence-corrected chi connectivity index (χ4v) is 3.96. The van der Waals surface area contributed by atoms with Crippen molar-refractivity contribution in [1.29, 1.82) is 0 Å². The van der Waals surface area contributed by atoms with Crippen molar-refractivity contribution in [2.24, 2.45) is 22.2 Å². The lowest BCUT2D eigenvalue weighted by Gasteiger charge is -2.43. The maximum atomic E-state index is 12.7. The molecule has 0 aromatic rings. The number of nitrogens with one attached hydrogen (secondary N) is 1. The number of rotatable bonds is 1. The number of carbonyl (C=O) groups excluding carboxylic acids is 3. The van der Waals surface area contributed by atoms with Crippen molar-refractivity contribution < 1.29 is 19.5 Å². The fourth-order valence-electron chi connectivity index (χ4n) is 3.96. The number of hydrogen-bond acceptors (Lipinski definition) is 5. The van der Waals surface area contributed by atoms with E-state index in [1.807, 2.05) is 6.08 Å². The average molecular weight is 310 g/mol. The van der Waals surface area contributed by atoms with Gasteiger partial charge < -0.3 is 5.11 Å². The van der Waals surface area contributed by atoms with Crippen LogP contribution in [0.15, 0.2) is 52.9 Å². The van der Waals surface area contributed by atoms with Crippen LogP contribution in [0, 0.1) is 17.3 Å². The second-order valence-corrected chi connectivity index (χ2v) is 6.11. The molecular formula is C17H14N2O4. The molecule has 1 spiro atoms. The molecule has 0 aromatic carbocycles. The van der Waals surface area contributed by atoms with E-state index in [-0.39, 0.29) is 23.9 Å². The molecule has 2 aliphatic heterocycles. The molecule has 4 aliphatic rings. The van der Waals surface area contributed by atoms with Crippen LogP contribution in [-0.4, -0.2) is 28.4 Å². The summed E-state index contributed by atoms with van der Waals surface area (Å²) in [6, 6.07) is 0. The minimum Gasteiger partial charge on any atom is -0.508 e. The van der Waals surface area contributed by atoms with E-state index < -0.39 is 23.2 Å². The molecule has 0 bridgehead atoms. The highest BCUT2D eigenvalue weighted by Gasteiger charge is 2.57. The van der Waals surface area contributed by atoms with Gasteiger partial charge in [-0.1, -0.05) is 12.2 Å². The normalized spacial score (nSPS) is 35.1. The zero-order valence-electron chi connectivity index (χ0n) is 12.2. The van der Waals surface area contributed by atoms with Crippen LogP contribution in [0.2, 0.25) is 0 Å². The lowest BCUT2D eigenvalue weighted by atomic mass is 9.57. The molecule has 23 heavy (non-hydrogen) atoms. The molecule has 1 fully saturated rings. The van der Waals surface area contributed by atoms with Crippen LogP contribution in [0.1, 0.15) is 12.8 Å². The Morgan fingerprint density at radius 2 is 2.09 bits per heavy atom. The summed E-state index contributed by atoms with van der Waals surface area (Å²) in [6.45, 7) is 0. The predicted octanol–water partition coefficient (Wildman–Crippen LogP) is 1.13. The fraction of sp³-hybridized carbons (Fsp3) is 0.294. The van der Waals surface area contributed by atoms with Crippen LogP contribution in [-0.2, 0) is 14.4 Å². The highest BCUT2D eigenvalue weighted by molar-refractivity contribution is 6.17. The molecule has 6 nitrogen and oxygen atoms in total. The Morgan fingerprint density at radius 3 is 2.87 bits per heavy atom. The second kappa shape index (κ2) is 4.62. The van der Waals surface area contributed by atoms with E-state index >= 15 is 0 Å². The Morgan fingerprint density at radius 1 is 1.26 bits per heavy atom. The van der Waals surface area contributed by atoms with Gasteiger partial charge in [0.1, 0.15) is 5.76 Å². The van der Waals surface area contributed by atoms with Gasteiger partial charge in [0.15, 0.2) is 5.78 Å². The summed E-state index contributed by atoms with van der Waals surface area (Å²) >= 11 is 0. The van der Waals surface area contributed by atoms with Crippen LogP contribution < -0.4 is 5.32 Å². The zero-order valence-corrected chi connectivity index (χ0v) is 12.2. The van der Waals surface area contributed by atoms with E-state index in [4.69, 9.17) is 0 Å². The van der Waals surface area contributed by atoms with Gasteiger partial charge in [0.2, 0.25) is 11.8 Å². The molecule has 3 atom stereocenters. The Kier molecular flexibility index (Phi) is 2.78. The van der Waals surface area contributed by atoms with E-state index in [2.05, 4.69) is 10.3 Å². The van der Waals surface area contributed by atoms with Crippen molar-refractivity contribution in [3.05, 3.63) is 47.9 Å². The first-order valence-electron chi connectivity index (χ1n) is 7.47. The van der Waals surface area contributed by atoms with Gasteiger partial charge in [-0.05, 0) is 24.6 Å². The summed E-state index contributed by atoms with van der Waals surface area (Å²) in [6.07, 6.45) is 10.2. The number of nitrogens with zero attached hydrogens (tertiary/aromatic N) is 1. The highest BCUT2D eigenvalue weighted by atomic mass is 16.3. The summed E-state index contributed by atoms with van der Waals surface area (Å²) in [5.41, 5.74) is 0.243. The molecule has 1 saturated heterocycles. The third-order valence-corrected chi connectivity index (χ3v) is 4.98. The molecule has 116 valence electrons. The Labute approximate surface area is 132 Å². The van der Waals surface area contributed by atoms with E-state index in [1.54, 1.807) is 24.4 Å². The standard InChI is InChI=1S/C17H14N2O4/c20-11-2-1-7-17-10(11)8-18-13(17)5-4-12(21)15(17)9-3-6-14(22)19-16(9)23/h1-2,4-5,7-9,15,20H,3,6H2,(H,19,22,23). The first-order valence-corrected chi connectivity index (χ1v) is 7.47. The lowest BCUT2D eigenvalue weighted by molar-refractivity contribution is -0.141. The quantitative estimate of drug-likeness (QED) is 0.710. The van der Waals surface area contributed by atoms with Crippen molar-refractivity contribution >= 4 is 23.3 Å². The topological polar surface area (TPSA) is 95.8 Å². The van der Waals surface area contributed by atoms with E-state index in [9.17, 15) is 19.5 Å². The van der Waals surface area contributed by atoms with E-state index in [1.165, 1.54) is 6.08 Å². The summed E-state index contributed by atoms with van der Waals surface area (Å²) in [5, 5.41) is 12.5. The van der Waals surface area contributed by atoms with Gasteiger partial charge in [-0.3, -0.25) is 24.7 Å². The lowest BCUT2D eigenvalue weighted by Crippen LogP contribution is -2.53. The van der Waals surface area contributed by atoms with Crippen molar-refractivity contribution in [3.63, 3.8) is 0 Å². The summed E-state index contributed by atoms with van der Waals surface area (Å²) < 4.78 is 0. The highest BCUT2D eigenvalue weighted by Crippen LogP contribution is 2.53. The Hall–Kier alpha value is -2.76. The van der Waals surface area contributed by atoms with Crippen LogP contribution in [0.5, 0.6) is 0 Å². The molecular weight excluding hydrogens is 296 g/mol. The van der Waals surface area contributed by atoms with Crippen molar-refractivity contribution in [3.8, 4) is 0 Å². The van der Waals surface area contributed by atoms with Crippen LogP contribution in [0.25, 0.3) is 0 Å². The SMILES string of the molecule is O=C1CCC(C2C(=O)C=CC3=NC=C4C(O)=CC=CC432)C(=O)N1. The van der Waals surface area contributed by atoms with Gasteiger partial charge in [-0.2, -0.15) is 0 Å². The van der Waals surface area contributed by atoms with Crippen molar-refractivity contribution in [2.75, 3.05) is 0 Å². The average Bonchev–Trinajstić information content (AvgIpc) is 2.89.